The first-order valence-electron chi connectivity index (χ1n) is 5.31. The third kappa shape index (κ3) is 2.47. The molecular formula is C11H15N3OS. The second-order valence-electron chi connectivity index (χ2n) is 3.53. The van der Waals surface area contributed by atoms with Gasteiger partial charge in [-0.2, -0.15) is 0 Å². The summed E-state index contributed by atoms with van der Waals surface area (Å²) in [5.41, 5.74) is 1.08. The summed E-state index contributed by atoms with van der Waals surface area (Å²) in [5.74, 6) is 0. The van der Waals surface area contributed by atoms with Gasteiger partial charge in [0.05, 0.1) is 7.11 Å². The third-order valence-corrected chi connectivity index (χ3v) is 3.56. The van der Waals surface area contributed by atoms with Crippen LogP contribution in [-0.2, 0) is 0 Å². The standard InChI is InChI=1S/C11H15N3OS/c1-3-4-9-7-12-10(16-9)8-5-13-11(15-2)14-6-8/h5-7,10,12H,3-4H2,1-2H3. The lowest BCUT2D eigenvalue weighted by molar-refractivity contribution is 0.379. The van der Waals surface area contributed by atoms with Gasteiger partial charge in [0, 0.05) is 29.1 Å². The maximum absolute atomic E-state index is 4.93. The number of allylic oxidation sites excluding steroid dienone is 1. The Hall–Kier alpha value is -1.23. The van der Waals surface area contributed by atoms with E-state index in [1.165, 1.54) is 11.3 Å². The first-order valence-corrected chi connectivity index (χ1v) is 6.19. The molecule has 16 heavy (non-hydrogen) atoms. The van der Waals surface area contributed by atoms with Crippen molar-refractivity contribution in [1.82, 2.24) is 15.3 Å². The van der Waals surface area contributed by atoms with E-state index in [4.69, 9.17) is 4.74 Å². The molecule has 2 heterocycles. The minimum atomic E-state index is 0.243. The van der Waals surface area contributed by atoms with Gasteiger partial charge >= 0.3 is 6.01 Å². The molecule has 0 aliphatic carbocycles. The molecule has 0 fully saturated rings. The number of rotatable bonds is 4. The Morgan fingerprint density at radius 2 is 2.19 bits per heavy atom. The number of thioether (sulfide) groups is 1. The zero-order valence-corrected chi connectivity index (χ0v) is 10.3. The molecule has 0 radical (unpaired) electrons. The molecule has 0 amide bonds. The quantitative estimate of drug-likeness (QED) is 0.871. The predicted octanol–water partition coefficient (Wildman–Crippen LogP) is 2.46. The highest BCUT2D eigenvalue weighted by Crippen LogP contribution is 2.38. The van der Waals surface area contributed by atoms with E-state index in [2.05, 4.69) is 28.4 Å². The summed E-state index contributed by atoms with van der Waals surface area (Å²) in [6, 6.07) is 0.411. The molecule has 1 aromatic heterocycles. The van der Waals surface area contributed by atoms with E-state index < -0.39 is 0 Å². The van der Waals surface area contributed by atoms with E-state index in [0.29, 0.717) is 6.01 Å². The van der Waals surface area contributed by atoms with Crippen LogP contribution in [0.15, 0.2) is 23.5 Å². The van der Waals surface area contributed by atoms with E-state index in [9.17, 15) is 0 Å². The van der Waals surface area contributed by atoms with Crippen LogP contribution in [0.2, 0.25) is 0 Å². The van der Waals surface area contributed by atoms with Crippen molar-refractivity contribution in [3.63, 3.8) is 0 Å². The van der Waals surface area contributed by atoms with Crippen LogP contribution < -0.4 is 10.1 Å². The Balaban J connectivity index is 1.99. The number of hydrogen-bond donors (Lipinski definition) is 1. The van der Waals surface area contributed by atoms with Gasteiger partial charge in [0.1, 0.15) is 5.37 Å². The number of nitrogens with zero attached hydrogens (tertiary/aromatic N) is 2. The van der Waals surface area contributed by atoms with Gasteiger partial charge in [0.2, 0.25) is 0 Å². The molecule has 1 aromatic rings. The van der Waals surface area contributed by atoms with Crippen molar-refractivity contribution in [3.8, 4) is 6.01 Å². The van der Waals surface area contributed by atoms with Crippen LogP contribution in [-0.4, -0.2) is 17.1 Å². The second kappa shape index (κ2) is 5.21. The van der Waals surface area contributed by atoms with E-state index in [-0.39, 0.29) is 5.37 Å². The highest BCUT2D eigenvalue weighted by molar-refractivity contribution is 8.03. The van der Waals surface area contributed by atoms with Crippen molar-refractivity contribution < 1.29 is 4.74 Å². The van der Waals surface area contributed by atoms with Crippen molar-refractivity contribution >= 4 is 11.8 Å². The van der Waals surface area contributed by atoms with Gasteiger partial charge in [0.15, 0.2) is 0 Å². The summed E-state index contributed by atoms with van der Waals surface area (Å²) in [7, 11) is 1.57. The summed E-state index contributed by atoms with van der Waals surface area (Å²) >= 11 is 1.83. The van der Waals surface area contributed by atoms with Crippen molar-refractivity contribution in [2.45, 2.75) is 25.1 Å². The summed E-state index contributed by atoms with van der Waals surface area (Å²) in [6.07, 6.45) is 8.00. The third-order valence-electron chi connectivity index (χ3n) is 2.29. The van der Waals surface area contributed by atoms with Crippen LogP contribution in [0.5, 0.6) is 6.01 Å². The Kier molecular flexibility index (Phi) is 3.66. The Labute approximate surface area is 99.5 Å². The summed E-state index contributed by atoms with van der Waals surface area (Å²) in [4.78, 5) is 9.60. The zero-order chi connectivity index (χ0) is 11.4. The maximum Gasteiger partial charge on any atom is 0.316 e. The largest absolute Gasteiger partial charge is 0.467 e. The average Bonchev–Trinajstić information content (AvgIpc) is 2.78. The van der Waals surface area contributed by atoms with Crippen molar-refractivity contribution in [3.05, 3.63) is 29.1 Å². The predicted molar refractivity (Wildman–Crippen MR) is 65.0 cm³/mol. The Morgan fingerprint density at radius 3 is 2.81 bits per heavy atom. The molecule has 1 N–H and O–H groups in total. The van der Waals surface area contributed by atoms with E-state index in [1.54, 1.807) is 19.5 Å². The highest BCUT2D eigenvalue weighted by atomic mass is 32.2. The van der Waals surface area contributed by atoms with Gasteiger partial charge in [-0.05, 0) is 6.42 Å². The fraction of sp³-hybridized carbons (Fsp3) is 0.455. The maximum atomic E-state index is 4.93. The van der Waals surface area contributed by atoms with Crippen LogP contribution in [0.3, 0.4) is 0 Å². The molecule has 0 saturated carbocycles. The monoisotopic (exact) mass is 237 g/mol. The summed E-state index contributed by atoms with van der Waals surface area (Å²) in [6.45, 7) is 2.19. The van der Waals surface area contributed by atoms with Gasteiger partial charge in [-0.25, -0.2) is 9.97 Å². The van der Waals surface area contributed by atoms with Gasteiger partial charge in [-0.3, -0.25) is 0 Å². The van der Waals surface area contributed by atoms with E-state index >= 15 is 0 Å². The van der Waals surface area contributed by atoms with Crippen molar-refractivity contribution in [1.29, 1.82) is 0 Å². The smallest absolute Gasteiger partial charge is 0.316 e. The zero-order valence-electron chi connectivity index (χ0n) is 9.43. The molecule has 1 aliphatic rings. The molecule has 0 bridgehead atoms. The molecule has 1 aliphatic heterocycles. The van der Waals surface area contributed by atoms with Gasteiger partial charge in [0.25, 0.3) is 0 Å². The van der Waals surface area contributed by atoms with Crippen LogP contribution >= 0.6 is 11.8 Å². The molecule has 0 aromatic carbocycles. The molecule has 1 unspecified atom stereocenters. The van der Waals surface area contributed by atoms with Crippen LogP contribution in [0, 0.1) is 0 Å². The van der Waals surface area contributed by atoms with Gasteiger partial charge in [-0.1, -0.05) is 25.1 Å². The number of ether oxygens (including phenoxy) is 1. The number of methoxy groups -OCH3 is 1. The Bertz CT molecular complexity index is 377. The second-order valence-corrected chi connectivity index (χ2v) is 4.76. The van der Waals surface area contributed by atoms with Crippen LogP contribution in [0.25, 0.3) is 0 Å². The van der Waals surface area contributed by atoms with Crippen molar-refractivity contribution in [2.24, 2.45) is 0 Å². The van der Waals surface area contributed by atoms with E-state index in [1.807, 2.05) is 11.8 Å². The summed E-state index contributed by atoms with van der Waals surface area (Å²) < 4.78 is 4.93. The highest BCUT2D eigenvalue weighted by Gasteiger charge is 2.19. The fourth-order valence-electron chi connectivity index (χ4n) is 1.50. The first-order chi connectivity index (χ1) is 7.83. The molecule has 2 rings (SSSR count). The van der Waals surface area contributed by atoms with E-state index in [0.717, 1.165) is 12.0 Å². The summed E-state index contributed by atoms with van der Waals surface area (Å²) in [5, 5.41) is 3.57. The molecular weight excluding hydrogens is 222 g/mol. The number of hydrogen-bond acceptors (Lipinski definition) is 5. The van der Waals surface area contributed by atoms with Crippen LogP contribution in [0.1, 0.15) is 30.7 Å². The molecule has 0 spiro atoms. The van der Waals surface area contributed by atoms with Gasteiger partial charge in [-0.15, -0.1) is 0 Å². The SMILES string of the molecule is CCCC1=CNC(c2cnc(OC)nc2)S1. The number of nitrogens with one attached hydrogen (secondary N) is 1. The Morgan fingerprint density at radius 1 is 1.44 bits per heavy atom. The normalized spacial score (nSPS) is 19.1. The van der Waals surface area contributed by atoms with Gasteiger partial charge < -0.3 is 10.1 Å². The lowest BCUT2D eigenvalue weighted by Crippen LogP contribution is -2.07. The van der Waals surface area contributed by atoms with Crippen molar-refractivity contribution in [2.75, 3.05) is 7.11 Å². The topological polar surface area (TPSA) is 47.0 Å². The lowest BCUT2D eigenvalue weighted by Gasteiger charge is -2.10. The lowest BCUT2D eigenvalue weighted by atomic mass is 10.3. The molecule has 5 heteroatoms. The number of aromatic nitrogens is 2. The fourth-order valence-corrected chi connectivity index (χ4v) is 2.65. The average molecular weight is 237 g/mol. The first kappa shape index (κ1) is 11.3. The minimum Gasteiger partial charge on any atom is -0.467 e. The molecule has 1 atom stereocenters. The molecule has 86 valence electrons. The minimum absolute atomic E-state index is 0.243. The van der Waals surface area contributed by atoms with Crippen LogP contribution in [0.4, 0.5) is 0 Å². The molecule has 0 saturated heterocycles. The molecule has 4 nitrogen and oxygen atoms in total.